The van der Waals surface area contributed by atoms with Gasteiger partial charge in [-0.1, -0.05) is 6.07 Å². The first-order valence-corrected chi connectivity index (χ1v) is 7.03. The second-order valence-corrected chi connectivity index (χ2v) is 5.87. The van der Waals surface area contributed by atoms with E-state index in [1.54, 1.807) is 0 Å². The Bertz CT molecular complexity index is 398. The minimum atomic E-state index is 0.338. The zero-order chi connectivity index (χ0) is 11.8. The number of fused-ring (bicyclic) bond motifs is 2. The van der Waals surface area contributed by atoms with Gasteiger partial charge in [0.1, 0.15) is 10.7 Å². The molecule has 2 aliphatic heterocycles. The van der Waals surface area contributed by atoms with E-state index in [1.165, 1.54) is 12.8 Å². The van der Waals surface area contributed by atoms with Crippen LogP contribution in [0.4, 0.5) is 0 Å². The Morgan fingerprint density at radius 3 is 2.65 bits per heavy atom. The zero-order valence-corrected chi connectivity index (χ0v) is 11.6. The van der Waals surface area contributed by atoms with Gasteiger partial charge in [-0.3, -0.25) is 0 Å². The molecule has 2 saturated heterocycles. The molecule has 2 atom stereocenters. The van der Waals surface area contributed by atoms with E-state index in [-0.39, 0.29) is 0 Å². The number of rotatable bonds is 2. The Hall–Kier alpha value is -0.610. The maximum atomic E-state index is 6.00. The molecule has 1 aromatic heterocycles. The molecule has 2 fully saturated rings. The van der Waals surface area contributed by atoms with E-state index in [4.69, 9.17) is 4.74 Å². The van der Waals surface area contributed by atoms with Crippen LogP contribution < -0.4 is 4.74 Å². The molecule has 2 unspecified atom stereocenters. The first-order valence-electron chi connectivity index (χ1n) is 6.23. The fourth-order valence-corrected chi connectivity index (χ4v) is 3.41. The summed E-state index contributed by atoms with van der Waals surface area (Å²) >= 11 is 3.37. The molecule has 92 valence electrons. The third kappa shape index (κ3) is 2.33. The van der Waals surface area contributed by atoms with Crippen LogP contribution in [0.3, 0.4) is 0 Å². The molecule has 0 spiro atoms. The monoisotopic (exact) mass is 296 g/mol. The molecule has 3 nitrogen and oxygen atoms in total. The lowest BCUT2D eigenvalue weighted by atomic mass is 10.0. The Kier molecular flexibility index (Phi) is 3.09. The van der Waals surface area contributed by atoms with Gasteiger partial charge < -0.3 is 9.64 Å². The van der Waals surface area contributed by atoms with Crippen molar-refractivity contribution < 1.29 is 4.74 Å². The summed E-state index contributed by atoms with van der Waals surface area (Å²) in [6.07, 6.45) is 5.27. The van der Waals surface area contributed by atoms with Gasteiger partial charge in [-0.25, -0.2) is 4.98 Å². The van der Waals surface area contributed by atoms with E-state index < -0.39 is 0 Å². The molecule has 2 aliphatic rings. The summed E-state index contributed by atoms with van der Waals surface area (Å²) in [6.45, 7) is 0. The van der Waals surface area contributed by atoms with Crippen LogP contribution in [0.1, 0.15) is 25.7 Å². The zero-order valence-electron chi connectivity index (χ0n) is 9.97. The van der Waals surface area contributed by atoms with Gasteiger partial charge in [0.15, 0.2) is 0 Å². The van der Waals surface area contributed by atoms with Crippen LogP contribution in [-0.4, -0.2) is 35.1 Å². The van der Waals surface area contributed by atoms with Crippen LogP contribution in [0.5, 0.6) is 5.88 Å². The van der Waals surface area contributed by atoms with Crippen molar-refractivity contribution in [2.24, 2.45) is 0 Å². The summed E-state index contributed by atoms with van der Waals surface area (Å²) < 4.78 is 6.84. The minimum Gasteiger partial charge on any atom is -0.474 e. The van der Waals surface area contributed by atoms with Gasteiger partial charge in [0.25, 0.3) is 0 Å². The smallest absolute Gasteiger partial charge is 0.214 e. The highest BCUT2D eigenvalue weighted by molar-refractivity contribution is 9.10. The number of hydrogen-bond acceptors (Lipinski definition) is 3. The number of hydrogen-bond donors (Lipinski definition) is 0. The van der Waals surface area contributed by atoms with Gasteiger partial charge >= 0.3 is 0 Å². The molecule has 4 heteroatoms. The second-order valence-electron chi connectivity index (χ2n) is 5.06. The summed E-state index contributed by atoms with van der Waals surface area (Å²) in [6, 6.07) is 7.25. The van der Waals surface area contributed by atoms with E-state index in [0.29, 0.717) is 18.2 Å². The van der Waals surface area contributed by atoms with Crippen LogP contribution in [0, 0.1) is 0 Å². The van der Waals surface area contributed by atoms with Gasteiger partial charge in [-0.15, -0.1) is 0 Å². The normalized spacial score (nSPS) is 32.7. The number of nitrogens with zero attached hydrogens (tertiary/aromatic N) is 2. The number of halogens is 1. The summed E-state index contributed by atoms with van der Waals surface area (Å²) in [5.74, 6) is 0.744. The molecule has 2 bridgehead atoms. The largest absolute Gasteiger partial charge is 0.474 e. The summed E-state index contributed by atoms with van der Waals surface area (Å²) in [5, 5.41) is 0. The minimum absolute atomic E-state index is 0.338. The number of pyridine rings is 1. The van der Waals surface area contributed by atoms with E-state index in [0.717, 1.165) is 23.3 Å². The molecule has 3 rings (SSSR count). The third-order valence-electron chi connectivity index (χ3n) is 4.03. The topological polar surface area (TPSA) is 25.4 Å². The van der Waals surface area contributed by atoms with Crippen molar-refractivity contribution in [3.8, 4) is 5.88 Å². The highest BCUT2D eigenvalue weighted by Gasteiger charge is 2.39. The molecule has 0 saturated carbocycles. The molecule has 0 aliphatic carbocycles. The van der Waals surface area contributed by atoms with Crippen molar-refractivity contribution in [2.45, 2.75) is 43.9 Å². The van der Waals surface area contributed by atoms with Crippen LogP contribution in [0.25, 0.3) is 0 Å². The highest BCUT2D eigenvalue weighted by atomic mass is 79.9. The van der Waals surface area contributed by atoms with Gasteiger partial charge in [0, 0.05) is 18.2 Å². The maximum Gasteiger partial charge on any atom is 0.214 e. The van der Waals surface area contributed by atoms with Crippen molar-refractivity contribution in [3.63, 3.8) is 0 Å². The highest BCUT2D eigenvalue weighted by Crippen LogP contribution is 2.35. The van der Waals surface area contributed by atoms with Crippen LogP contribution in [0.2, 0.25) is 0 Å². The Morgan fingerprint density at radius 2 is 2.00 bits per heavy atom. The van der Waals surface area contributed by atoms with E-state index in [2.05, 4.69) is 32.9 Å². The standard InChI is InChI=1S/C13H17BrN2O/c1-16-9-5-6-10(16)8-11(7-9)17-13-4-2-3-12(14)15-13/h2-4,9-11H,5-8H2,1H3. The van der Waals surface area contributed by atoms with Gasteiger partial charge in [-0.2, -0.15) is 0 Å². The summed E-state index contributed by atoms with van der Waals surface area (Å²) in [7, 11) is 2.25. The van der Waals surface area contributed by atoms with Crippen LogP contribution in [0.15, 0.2) is 22.8 Å². The average molecular weight is 297 g/mol. The quantitative estimate of drug-likeness (QED) is 0.785. The molecule has 0 radical (unpaired) electrons. The molecule has 1 aromatic rings. The lowest BCUT2D eigenvalue weighted by Crippen LogP contribution is -2.43. The van der Waals surface area contributed by atoms with Crippen LogP contribution >= 0.6 is 15.9 Å². The third-order valence-corrected chi connectivity index (χ3v) is 4.47. The fraction of sp³-hybridized carbons (Fsp3) is 0.615. The fourth-order valence-electron chi connectivity index (χ4n) is 3.08. The maximum absolute atomic E-state index is 6.00. The Balaban J connectivity index is 1.67. The molecule has 0 N–H and O–H groups in total. The van der Waals surface area contributed by atoms with Crippen molar-refractivity contribution in [1.82, 2.24) is 9.88 Å². The average Bonchev–Trinajstić information content (AvgIpc) is 2.52. The van der Waals surface area contributed by atoms with Gasteiger partial charge in [-0.05, 0) is 54.7 Å². The molecular formula is C13H17BrN2O. The second kappa shape index (κ2) is 4.58. The first kappa shape index (κ1) is 11.5. The lowest BCUT2D eigenvalue weighted by Gasteiger charge is -2.36. The molecule has 3 heterocycles. The molecule has 0 aromatic carbocycles. The number of piperidine rings is 1. The van der Waals surface area contributed by atoms with Gasteiger partial charge in [0.2, 0.25) is 5.88 Å². The number of ether oxygens (including phenoxy) is 1. The molecule has 17 heavy (non-hydrogen) atoms. The summed E-state index contributed by atoms with van der Waals surface area (Å²) in [5.41, 5.74) is 0. The van der Waals surface area contributed by atoms with Crippen molar-refractivity contribution in [1.29, 1.82) is 0 Å². The van der Waals surface area contributed by atoms with Crippen molar-refractivity contribution in [2.75, 3.05) is 7.05 Å². The first-order chi connectivity index (χ1) is 8.22. The van der Waals surface area contributed by atoms with E-state index in [1.807, 2.05) is 18.2 Å². The van der Waals surface area contributed by atoms with Crippen molar-refractivity contribution >= 4 is 15.9 Å². The Labute approximate surface area is 110 Å². The SMILES string of the molecule is CN1C2CCC1CC(Oc1cccc(Br)n1)C2. The van der Waals surface area contributed by atoms with Crippen LogP contribution in [-0.2, 0) is 0 Å². The van der Waals surface area contributed by atoms with E-state index in [9.17, 15) is 0 Å². The Morgan fingerprint density at radius 1 is 1.29 bits per heavy atom. The molecule has 0 amide bonds. The summed E-state index contributed by atoms with van der Waals surface area (Å²) in [4.78, 5) is 6.86. The molecular weight excluding hydrogens is 280 g/mol. The van der Waals surface area contributed by atoms with Gasteiger partial charge in [0.05, 0.1) is 0 Å². The predicted octanol–water partition coefficient (Wildman–Crippen LogP) is 2.85. The predicted molar refractivity (Wildman–Crippen MR) is 70.2 cm³/mol. The number of aromatic nitrogens is 1. The lowest BCUT2D eigenvalue weighted by molar-refractivity contribution is 0.0632. The van der Waals surface area contributed by atoms with Crippen molar-refractivity contribution in [3.05, 3.63) is 22.8 Å². The van der Waals surface area contributed by atoms with E-state index >= 15 is 0 Å².